The molecule has 2 N–H and O–H groups in total. The summed E-state index contributed by atoms with van der Waals surface area (Å²) < 4.78 is 87.4. The van der Waals surface area contributed by atoms with Gasteiger partial charge in [-0.2, -0.15) is 0 Å². The molecule has 0 heterocycles. The van der Waals surface area contributed by atoms with Gasteiger partial charge in [-0.15, -0.1) is 26.3 Å². The Hall–Kier alpha value is -4.42. The molecule has 13 heteroatoms. The van der Waals surface area contributed by atoms with Crippen molar-refractivity contribution < 1.29 is 50.1 Å². The van der Waals surface area contributed by atoms with Crippen LogP contribution >= 0.6 is 0 Å². The number of ether oxygens (including phenoxy) is 3. The number of carbonyl (C=O) groups excluding carboxylic acids is 2. The highest BCUT2D eigenvalue weighted by Crippen LogP contribution is 2.28. The van der Waals surface area contributed by atoms with Gasteiger partial charge in [0.25, 0.3) is 11.8 Å². The van der Waals surface area contributed by atoms with E-state index in [2.05, 4.69) is 20.1 Å². The van der Waals surface area contributed by atoms with E-state index in [0.717, 1.165) is 30.3 Å². The zero-order valence-electron chi connectivity index (χ0n) is 18.2. The van der Waals surface area contributed by atoms with Crippen LogP contribution in [0.3, 0.4) is 0 Å². The molecule has 3 rings (SSSR count). The van der Waals surface area contributed by atoms with Gasteiger partial charge in [-0.3, -0.25) is 9.59 Å². The molecular formula is C23H16F6N2O5. The van der Waals surface area contributed by atoms with E-state index in [1.54, 1.807) is 0 Å². The summed E-state index contributed by atoms with van der Waals surface area (Å²) in [5.41, 5.74) is -0.233. The van der Waals surface area contributed by atoms with Crippen LogP contribution in [-0.4, -0.2) is 31.6 Å². The van der Waals surface area contributed by atoms with Crippen molar-refractivity contribution in [3.05, 3.63) is 77.9 Å². The van der Waals surface area contributed by atoms with Crippen LogP contribution in [0.2, 0.25) is 0 Å². The van der Waals surface area contributed by atoms with E-state index in [0.29, 0.717) is 0 Å². The Morgan fingerprint density at radius 3 is 1.67 bits per heavy atom. The molecule has 0 saturated carbocycles. The number of benzene rings is 3. The van der Waals surface area contributed by atoms with Crippen LogP contribution in [0.15, 0.2) is 66.7 Å². The summed E-state index contributed by atoms with van der Waals surface area (Å²) in [6, 6.07) is 12.9. The Kier molecular flexibility index (Phi) is 7.61. The maximum Gasteiger partial charge on any atom is 0.573 e. The van der Waals surface area contributed by atoms with Crippen molar-refractivity contribution in [1.29, 1.82) is 0 Å². The van der Waals surface area contributed by atoms with Crippen LogP contribution in [0.25, 0.3) is 0 Å². The van der Waals surface area contributed by atoms with E-state index < -0.39 is 36.0 Å². The summed E-state index contributed by atoms with van der Waals surface area (Å²) in [7, 11) is 1.26. The predicted octanol–water partition coefficient (Wildman–Crippen LogP) is 6.00. The Balaban J connectivity index is 1.79. The smallest absolute Gasteiger partial charge is 0.496 e. The molecule has 0 saturated heterocycles. The van der Waals surface area contributed by atoms with Crippen molar-refractivity contribution in [2.24, 2.45) is 0 Å². The summed E-state index contributed by atoms with van der Waals surface area (Å²) in [4.78, 5) is 25.4. The Labute approximate surface area is 199 Å². The van der Waals surface area contributed by atoms with Gasteiger partial charge in [-0.05, 0) is 42.5 Å². The molecule has 3 aromatic rings. The van der Waals surface area contributed by atoms with Crippen LogP contribution < -0.4 is 24.8 Å². The molecule has 0 bridgehead atoms. The summed E-state index contributed by atoms with van der Waals surface area (Å²) in [6.07, 6.45) is -9.84. The summed E-state index contributed by atoms with van der Waals surface area (Å²) in [6.45, 7) is 0. The Morgan fingerprint density at radius 2 is 1.19 bits per heavy atom. The van der Waals surface area contributed by atoms with Gasteiger partial charge in [0.1, 0.15) is 17.2 Å². The number of halogens is 6. The molecule has 0 aliphatic rings. The third-order valence-electron chi connectivity index (χ3n) is 4.36. The first-order valence-corrected chi connectivity index (χ1v) is 9.85. The zero-order valence-corrected chi connectivity index (χ0v) is 18.2. The lowest BCUT2D eigenvalue weighted by Crippen LogP contribution is -2.18. The minimum Gasteiger partial charge on any atom is -0.496 e. The second-order valence-corrected chi connectivity index (χ2v) is 6.97. The second kappa shape index (κ2) is 10.5. The lowest BCUT2D eigenvalue weighted by molar-refractivity contribution is -0.275. The molecule has 0 atom stereocenters. The largest absolute Gasteiger partial charge is 0.573 e. The van der Waals surface area contributed by atoms with Crippen molar-refractivity contribution >= 4 is 23.2 Å². The van der Waals surface area contributed by atoms with Crippen LogP contribution in [-0.2, 0) is 0 Å². The van der Waals surface area contributed by atoms with Crippen LogP contribution in [0.4, 0.5) is 37.7 Å². The summed E-state index contributed by atoms with van der Waals surface area (Å²) >= 11 is 0. The number of alkyl halides is 6. The fraction of sp³-hybridized carbons (Fsp3) is 0.130. The molecule has 0 fully saturated rings. The molecular weight excluding hydrogens is 498 g/mol. The maximum atomic E-state index is 12.8. The molecule has 0 aliphatic carbocycles. The standard InChI is InChI=1S/C23H16F6N2O5/c1-34-19-9-8-13(20(32)30-14-4-2-6-16(11-14)35-22(24,25)26)10-18(19)21(33)31-15-5-3-7-17(12-15)36-23(27,28)29/h2-12H,1H3,(H,30,32)(H,31,33). The number of rotatable bonds is 7. The highest BCUT2D eigenvalue weighted by Gasteiger charge is 2.32. The molecule has 36 heavy (non-hydrogen) atoms. The molecule has 2 amide bonds. The molecule has 0 radical (unpaired) electrons. The number of anilines is 2. The van der Waals surface area contributed by atoms with E-state index in [-0.39, 0.29) is 28.3 Å². The zero-order chi connectivity index (χ0) is 26.5. The number of methoxy groups -OCH3 is 1. The average molecular weight is 514 g/mol. The highest BCUT2D eigenvalue weighted by atomic mass is 19.4. The van der Waals surface area contributed by atoms with Gasteiger partial charge in [0, 0.05) is 29.1 Å². The lowest BCUT2D eigenvalue weighted by atomic mass is 10.1. The van der Waals surface area contributed by atoms with Crippen LogP contribution in [0, 0.1) is 0 Å². The molecule has 7 nitrogen and oxygen atoms in total. The quantitative estimate of drug-likeness (QED) is 0.378. The van der Waals surface area contributed by atoms with Crippen molar-refractivity contribution in [3.8, 4) is 17.2 Å². The van der Waals surface area contributed by atoms with Gasteiger partial charge in [0.15, 0.2) is 0 Å². The molecule has 0 spiro atoms. The third kappa shape index (κ3) is 7.55. The van der Waals surface area contributed by atoms with E-state index in [1.807, 2.05) is 0 Å². The van der Waals surface area contributed by atoms with Crippen molar-refractivity contribution in [2.45, 2.75) is 12.7 Å². The molecule has 190 valence electrons. The van der Waals surface area contributed by atoms with Crippen LogP contribution in [0.5, 0.6) is 17.2 Å². The highest BCUT2D eigenvalue weighted by molar-refractivity contribution is 6.10. The SMILES string of the molecule is COc1ccc(C(=O)Nc2cccc(OC(F)(F)F)c2)cc1C(=O)Nc1cccc(OC(F)(F)F)c1. The predicted molar refractivity (Wildman–Crippen MR) is 115 cm³/mol. The van der Waals surface area contributed by atoms with E-state index in [9.17, 15) is 35.9 Å². The summed E-state index contributed by atoms with van der Waals surface area (Å²) in [5, 5.41) is 4.77. The number of hydrogen-bond donors (Lipinski definition) is 2. The minimum atomic E-state index is -4.92. The fourth-order valence-electron chi connectivity index (χ4n) is 2.97. The molecule has 3 aromatic carbocycles. The van der Waals surface area contributed by atoms with Gasteiger partial charge < -0.3 is 24.8 Å². The first-order valence-electron chi connectivity index (χ1n) is 9.85. The van der Waals surface area contributed by atoms with E-state index >= 15 is 0 Å². The molecule has 0 aromatic heterocycles. The van der Waals surface area contributed by atoms with Gasteiger partial charge in [-0.25, -0.2) is 0 Å². The van der Waals surface area contributed by atoms with Crippen molar-refractivity contribution in [3.63, 3.8) is 0 Å². The number of nitrogens with one attached hydrogen (secondary N) is 2. The monoisotopic (exact) mass is 514 g/mol. The number of amides is 2. The second-order valence-electron chi connectivity index (χ2n) is 6.97. The van der Waals surface area contributed by atoms with Gasteiger partial charge >= 0.3 is 12.7 Å². The van der Waals surface area contributed by atoms with E-state index in [4.69, 9.17) is 4.74 Å². The Morgan fingerprint density at radius 1 is 0.694 bits per heavy atom. The van der Waals surface area contributed by atoms with Crippen molar-refractivity contribution in [1.82, 2.24) is 0 Å². The number of carbonyl (C=O) groups is 2. The van der Waals surface area contributed by atoms with Gasteiger partial charge in [-0.1, -0.05) is 12.1 Å². The summed E-state index contributed by atoms with van der Waals surface area (Å²) in [5.74, 6) is -2.64. The van der Waals surface area contributed by atoms with Gasteiger partial charge in [0.05, 0.1) is 12.7 Å². The molecule has 0 unspecified atom stereocenters. The van der Waals surface area contributed by atoms with Crippen molar-refractivity contribution in [2.75, 3.05) is 17.7 Å². The number of hydrogen-bond acceptors (Lipinski definition) is 5. The normalized spacial score (nSPS) is 11.4. The maximum absolute atomic E-state index is 12.8. The molecule has 0 aliphatic heterocycles. The lowest BCUT2D eigenvalue weighted by Gasteiger charge is -2.13. The van der Waals surface area contributed by atoms with Gasteiger partial charge in [0.2, 0.25) is 0 Å². The topological polar surface area (TPSA) is 85.9 Å². The van der Waals surface area contributed by atoms with E-state index in [1.165, 1.54) is 43.5 Å². The first-order chi connectivity index (χ1) is 16.8. The Bertz CT molecular complexity index is 1260. The third-order valence-corrected chi connectivity index (χ3v) is 4.36. The fourth-order valence-corrected chi connectivity index (χ4v) is 2.97. The average Bonchev–Trinajstić information content (AvgIpc) is 2.76. The minimum absolute atomic E-state index is 0.00921. The first kappa shape index (κ1) is 26.2. The van der Waals surface area contributed by atoms with Crippen LogP contribution in [0.1, 0.15) is 20.7 Å².